The average molecular weight is 342 g/mol. The number of piperazine rings is 1. The Balaban J connectivity index is 0. The minimum atomic E-state index is 0.681. The Hall–Kier alpha value is -0.380. The van der Waals surface area contributed by atoms with Crippen LogP contribution < -0.4 is 0 Å². The number of unbranched alkanes of at least 4 members (excludes halogenated alkanes) is 3. The molecule has 3 heteroatoms. The largest absolute Gasteiger partial charge is 0.309 e. The lowest BCUT2D eigenvalue weighted by atomic mass is 10.1. The summed E-state index contributed by atoms with van der Waals surface area (Å²) >= 11 is 0. The van der Waals surface area contributed by atoms with Crippen LogP contribution >= 0.6 is 0 Å². The zero-order chi connectivity index (χ0) is 19.1. The van der Waals surface area contributed by atoms with Gasteiger partial charge < -0.3 is 4.90 Å². The monoisotopic (exact) mass is 341 g/mol. The molecule has 0 aromatic rings. The van der Waals surface area contributed by atoms with Crippen LogP contribution in [0.3, 0.4) is 0 Å². The van der Waals surface area contributed by atoms with Gasteiger partial charge in [0.15, 0.2) is 0 Å². The zero-order valence-corrected chi connectivity index (χ0v) is 18.1. The second-order valence-electron chi connectivity index (χ2n) is 7.20. The normalized spacial score (nSPS) is 21.9. The van der Waals surface area contributed by atoms with Crippen LogP contribution in [0.15, 0.2) is 13.2 Å². The van der Waals surface area contributed by atoms with E-state index >= 15 is 0 Å². The molecule has 2 atom stereocenters. The topological polar surface area (TPSA) is 9.72 Å². The van der Waals surface area contributed by atoms with Crippen LogP contribution in [0.2, 0.25) is 0 Å². The predicted molar refractivity (Wildman–Crippen MR) is 112 cm³/mol. The fraction of sp³-hybridized carbons (Fsp3) is 0.905. The first-order valence-corrected chi connectivity index (χ1v) is 10.1. The molecular weight excluding hydrogens is 294 g/mol. The van der Waals surface area contributed by atoms with Crippen LogP contribution in [0, 0.1) is 0 Å². The van der Waals surface area contributed by atoms with Gasteiger partial charge in [0, 0.05) is 31.2 Å². The van der Waals surface area contributed by atoms with Crippen LogP contribution in [0.5, 0.6) is 0 Å². The molecule has 0 aromatic carbocycles. The number of rotatable bonds is 8. The standard InChI is InChI=1S/C17H37N3.C2H6.C2H4/c1-15(2)20-14-16(3)19(13-17(20)4)12-10-8-7-9-11-18(5)6;2*1-2/h15-17H,7-14H2,1-6H3;1-2H3;1-2H2. The van der Waals surface area contributed by atoms with Crippen molar-refractivity contribution in [3.8, 4) is 0 Å². The lowest BCUT2D eigenvalue weighted by Crippen LogP contribution is -2.58. The minimum absolute atomic E-state index is 0.681. The Morgan fingerprint density at radius 2 is 1.46 bits per heavy atom. The van der Waals surface area contributed by atoms with E-state index in [1.807, 2.05) is 13.8 Å². The summed E-state index contributed by atoms with van der Waals surface area (Å²) in [4.78, 5) is 7.64. The van der Waals surface area contributed by atoms with Gasteiger partial charge in [0.1, 0.15) is 0 Å². The number of nitrogens with zero attached hydrogens (tertiary/aromatic N) is 3. The molecule has 1 rings (SSSR count). The van der Waals surface area contributed by atoms with Gasteiger partial charge >= 0.3 is 0 Å². The molecule has 0 saturated carbocycles. The highest BCUT2D eigenvalue weighted by atomic mass is 15.3. The van der Waals surface area contributed by atoms with Crippen molar-refractivity contribution in [3.63, 3.8) is 0 Å². The number of hydrogen-bond acceptors (Lipinski definition) is 3. The molecule has 1 aliphatic heterocycles. The van der Waals surface area contributed by atoms with Crippen LogP contribution in [0.1, 0.15) is 67.2 Å². The molecule has 0 radical (unpaired) electrons. The van der Waals surface area contributed by atoms with Crippen molar-refractivity contribution >= 4 is 0 Å². The maximum Gasteiger partial charge on any atom is 0.0198 e. The third-order valence-electron chi connectivity index (χ3n) is 4.63. The van der Waals surface area contributed by atoms with Crippen LogP contribution in [0.4, 0.5) is 0 Å². The molecule has 0 spiro atoms. The SMILES string of the molecule is C=C.CC.CC1CN(C(C)C)C(C)CN1CCCCCCN(C)C. The van der Waals surface area contributed by atoms with Gasteiger partial charge in [0.05, 0.1) is 0 Å². The third-order valence-corrected chi connectivity index (χ3v) is 4.63. The van der Waals surface area contributed by atoms with Gasteiger partial charge in [-0.25, -0.2) is 0 Å². The molecule has 0 amide bonds. The summed E-state index contributed by atoms with van der Waals surface area (Å²) in [6.45, 7) is 24.4. The molecule has 3 nitrogen and oxygen atoms in total. The first-order valence-electron chi connectivity index (χ1n) is 10.1. The van der Waals surface area contributed by atoms with Crippen molar-refractivity contribution < 1.29 is 0 Å². The Kier molecular flexibility index (Phi) is 17.4. The lowest BCUT2D eigenvalue weighted by Gasteiger charge is -2.46. The van der Waals surface area contributed by atoms with Gasteiger partial charge in [-0.15, -0.1) is 13.2 Å². The van der Waals surface area contributed by atoms with Crippen molar-refractivity contribution in [1.29, 1.82) is 0 Å². The Morgan fingerprint density at radius 3 is 1.96 bits per heavy atom. The molecule has 0 N–H and O–H groups in total. The fourth-order valence-corrected chi connectivity index (χ4v) is 3.35. The van der Waals surface area contributed by atoms with E-state index in [1.165, 1.54) is 51.9 Å². The molecular formula is C21H47N3. The number of hydrogen-bond donors (Lipinski definition) is 0. The van der Waals surface area contributed by atoms with Crippen molar-refractivity contribution in [2.75, 3.05) is 40.3 Å². The van der Waals surface area contributed by atoms with Crippen molar-refractivity contribution in [2.24, 2.45) is 0 Å². The van der Waals surface area contributed by atoms with Gasteiger partial charge in [-0.1, -0.05) is 26.7 Å². The quantitative estimate of drug-likeness (QED) is 0.466. The summed E-state index contributed by atoms with van der Waals surface area (Å²) in [6, 6.07) is 2.11. The van der Waals surface area contributed by atoms with E-state index in [-0.39, 0.29) is 0 Å². The van der Waals surface area contributed by atoms with Gasteiger partial charge in [-0.05, 0) is 67.7 Å². The van der Waals surface area contributed by atoms with E-state index in [4.69, 9.17) is 0 Å². The van der Waals surface area contributed by atoms with Crippen molar-refractivity contribution in [1.82, 2.24) is 14.7 Å². The first kappa shape index (κ1) is 25.9. The molecule has 1 aliphatic rings. The predicted octanol–water partition coefficient (Wildman–Crippen LogP) is 4.74. The Bertz CT molecular complexity index is 266. The second-order valence-corrected chi connectivity index (χ2v) is 7.20. The third kappa shape index (κ3) is 11.2. The second kappa shape index (κ2) is 16.1. The molecule has 1 heterocycles. The molecule has 0 aromatic heterocycles. The first-order chi connectivity index (χ1) is 11.4. The van der Waals surface area contributed by atoms with Crippen LogP contribution in [-0.4, -0.2) is 73.1 Å². The lowest BCUT2D eigenvalue weighted by molar-refractivity contribution is 0.0230. The Labute approximate surface area is 154 Å². The highest BCUT2D eigenvalue weighted by molar-refractivity contribution is 4.86. The highest BCUT2D eigenvalue weighted by Crippen LogP contribution is 2.18. The van der Waals surface area contributed by atoms with E-state index in [2.05, 4.69) is 69.6 Å². The molecule has 0 aliphatic carbocycles. The van der Waals surface area contributed by atoms with Gasteiger partial charge in [0.2, 0.25) is 0 Å². The van der Waals surface area contributed by atoms with Crippen LogP contribution in [0.25, 0.3) is 0 Å². The van der Waals surface area contributed by atoms with E-state index in [0.29, 0.717) is 12.1 Å². The van der Waals surface area contributed by atoms with Gasteiger partial charge in [-0.3, -0.25) is 9.80 Å². The summed E-state index contributed by atoms with van der Waals surface area (Å²) < 4.78 is 0. The Morgan fingerprint density at radius 1 is 0.917 bits per heavy atom. The summed E-state index contributed by atoms with van der Waals surface area (Å²) in [5.74, 6) is 0. The summed E-state index contributed by atoms with van der Waals surface area (Å²) in [7, 11) is 4.33. The summed E-state index contributed by atoms with van der Waals surface area (Å²) in [5.41, 5.74) is 0. The van der Waals surface area contributed by atoms with E-state index < -0.39 is 0 Å². The van der Waals surface area contributed by atoms with Gasteiger partial charge in [-0.2, -0.15) is 0 Å². The average Bonchev–Trinajstić information content (AvgIpc) is 2.56. The van der Waals surface area contributed by atoms with Crippen molar-refractivity contribution in [2.45, 2.75) is 85.4 Å². The molecule has 1 fully saturated rings. The van der Waals surface area contributed by atoms with Crippen molar-refractivity contribution in [3.05, 3.63) is 13.2 Å². The maximum atomic E-state index is 3.00. The molecule has 0 bridgehead atoms. The molecule has 2 unspecified atom stereocenters. The fourth-order valence-electron chi connectivity index (χ4n) is 3.35. The molecule has 1 saturated heterocycles. The maximum absolute atomic E-state index is 3.00. The molecule has 146 valence electrons. The smallest absolute Gasteiger partial charge is 0.0198 e. The van der Waals surface area contributed by atoms with E-state index in [0.717, 1.165) is 6.04 Å². The zero-order valence-electron chi connectivity index (χ0n) is 18.1. The molecule has 24 heavy (non-hydrogen) atoms. The van der Waals surface area contributed by atoms with E-state index in [1.54, 1.807) is 0 Å². The summed E-state index contributed by atoms with van der Waals surface area (Å²) in [5, 5.41) is 0. The van der Waals surface area contributed by atoms with Crippen LogP contribution in [-0.2, 0) is 0 Å². The summed E-state index contributed by atoms with van der Waals surface area (Å²) in [6.07, 6.45) is 5.49. The van der Waals surface area contributed by atoms with Gasteiger partial charge in [0.25, 0.3) is 0 Å². The van der Waals surface area contributed by atoms with E-state index in [9.17, 15) is 0 Å². The minimum Gasteiger partial charge on any atom is -0.309 e. The highest BCUT2D eigenvalue weighted by Gasteiger charge is 2.29.